The highest BCUT2D eigenvalue weighted by atomic mass is 79.9. The van der Waals surface area contributed by atoms with Crippen LogP contribution in [0, 0.1) is 0 Å². The minimum Gasteiger partial charge on any atom is -0.393 e. The first kappa shape index (κ1) is 15.1. The lowest BCUT2D eigenvalue weighted by molar-refractivity contribution is -0.120. The second-order valence-corrected chi connectivity index (χ2v) is 5.52. The van der Waals surface area contributed by atoms with Gasteiger partial charge in [-0.1, -0.05) is 40.3 Å². The lowest BCUT2D eigenvalue weighted by Gasteiger charge is -2.05. The normalized spacial score (nSPS) is 10.1. The quantitative estimate of drug-likeness (QED) is 0.597. The molecule has 0 aliphatic carbocycles. The van der Waals surface area contributed by atoms with Gasteiger partial charge >= 0.3 is 0 Å². The Bertz CT molecular complexity index is 423. The van der Waals surface area contributed by atoms with Crippen molar-refractivity contribution in [3.63, 3.8) is 0 Å². The molecule has 0 unspecified atom stereocenters. The number of hydrogen-bond donors (Lipinski definition) is 2. The molecule has 1 aromatic carbocycles. The van der Waals surface area contributed by atoms with Crippen LogP contribution in [-0.2, 0) is 11.2 Å². The van der Waals surface area contributed by atoms with Crippen LogP contribution < -0.4 is 11.1 Å². The van der Waals surface area contributed by atoms with E-state index in [1.54, 1.807) is 0 Å². The molecular formula is C13H17BrN2OS. The molecule has 0 saturated carbocycles. The molecule has 0 bridgehead atoms. The molecule has 3 nitrogen and oxygen atoms in total. The Morgan fingerprint density at radius 3 is 2.83 bits per heavy atom. The van der Waals surface area contributed by atoms with Gasteiger partial charge < -0.3 is 11.1 Å². The van der Waals surface area contributed by atoms with Crippen LogP contribution in [-0.4, -0.2) is 17.4 Å². The summed E-state index contributed by atoms with van der Waals surface area (Å²) >= 11 is 8.16. The molecule has 1 aromatic rings. The van der Waals surface area contributed by atoms with Crippen molar-refractivity contribution in [1.82, 2.24) is 5.32 Å². The molecule has 18 heavy (non-hydrogen) atoms. The van der Waals surface area contributed by atoms with Gasteiger partial charge in [-0.15, -0.1) is 0 Å². The fourth-order valence-corrected chi connectivity index (χ4v) is 2.14. The third-order valence-electron chi connectivity index (χ3n) is 2.43. The van der Waals surface area contributed by atoms with Crippen LogP contribution in [0.4, 0.5) is 0 Å². The SMILES string of the molecule is NC(=S)CCCCNC(=O)Cc1cccc(Br)c1. The first-order valence-corrected chi connectivity index (χ1v) is 7.07. The number of thiocarbonyl (C=S) groups is 1. The molecule has 0 aliphatic heterocycles. The van der Waals surface area contributed by atoms with E-state index in [4.69, 9.17) is 18.0 Å². The summed E-state index contributed by atoms with van der Waals surface area (Å²) in [5, 5.41) is 2.89. The van der Waals surface area contributed by atoms with Crippen molar-refractivity contribution < 1.29 is 4.79 Å². The Labute approximate surface area is 121 Å². The second-order valence-electron chi connectivity index (χ2n) is 4.08. The lowest BCUT2D eigenvalue weighted by Crippen LogP contribution is -2.26. The summed E-state index contributed by atoms with van der Waals surface area (Å²) < 4.78 is 0.990. The number of unbranched alkanes of at least 4 members (excludes halogenated alkanes) is 1. The van der Waals surface area contributed by atoms with E-state index in [0.29, 0.717) is 18.0 Å². The molecule has 0 aromatic heterocycles. The van der Waals surface area contributed by atoms with E-state index in [9.17, 15) is 4.79 Å². The number of halogens is 1. The third kappa shape index (κ3) is 6.71. The largest absolute Gasteiger partial charge is 0.393 e. The van der Waals surface area contributed by atoms with E-state index in [2.05, 4.69) is 21.2 Å². The van der Waals surface area contributed by atoms with Gasteiger partial charge in [0.15, 0.2) is 0 Å². The van der Waals surface area contributed by atoms with Crippen LogP contribution in [0.15, 0.2) is 28.7 Å². The average molecular weight is 329 g/mol. The lowest BCUT2D eigenvalue weighted by atomic mass is 10.1. The van der Waals surface area contributed by atoms with Gasteiger partial charge in [0.05, 0.1) is 11.4 Å². The molecule has 3 N–H and O–H groups in total. The number of carbonyl (C=O) groups is 1. The smallest absolute Gasteiger partial charge is 0.224 e. The first-order valence-electron chi connectivity index (χ1n) is 5.87. The fraction of sp³-hybridized carbons (Fsp3) is 0.385. The predicted molar refractivity (Wildman–Crippen MR) is 81.5 cm³/mol. The molecule has 0 radical (unpaired) electrons. The van der Waals surface area contributed by atoms with Crippen LogP contribution in [0.2, 0.25) is 0 Å². The van der Waals surface area contributed by atoms with Crippen molar-refractivity contribution in [3.05, 3.63) is 34.3 Å². The predicted octanol–water partition coefficient (Wildman–Crippen LogP) is 2.56. The summed E-state index contributed by atoms with van der Waals surface area (Å²) in [6.45, 7) is 0.676. The van der Waals surface area contributed by atoms with Gasteiger partial charge in [-0.25, -0.2) is 0 Å². The third-order valence-corrected chi connectivity index (χ3v) is 3.12. The van der Waals surface area contributed by atoms with Crippen LogP contribution in [0.5, 0.6) is 0 Å². The minimum absolute atomic E-state index is 0.0448. The van der Waals surface area contributed by atoms with E-state index in [1.165, 1.54) is 0 Å². The van der Waals surface area contributed by atoms with Crippen molar-refractivity contribution in [2.75, 3.05) is 6.54 Å². The summed E-state index contributed by atoms with van der Waals surface area (Å²) in [5.41, 5.74) is 6.40. The van der Waals surface area contributed by atoms with Crippen LogP contribution in [0.3, 0.4) is 0 Å². The van der Waals surface area contributed by atoms with Crippen LogP contribution in [0.25, 0.3) is 0 Å². The Balaban J connectivity index is 2.20. The monoisotopic (exact) mass is 328 g/mol. The fourth-order valence-electron chi connectivity index (χ4n) is 1.55. The zero-order valence-corrected chi connectivity index (χ0v) is 12.5. The number of rotatable bonds is 7. The van der Waals surface area contributed by atoms with Crippen LogP contribution >= 0.6 is 28.1 Å². The van der Waals surface area contributed by atoms with Gasteiger partial charge in [0.25, 0.3) is 0 Å². The van der Waals surface area contributed by atoms with E-state index in [1.807, 2.05) is 24.3 Å². The average Bonchev–Trinajstić information content (AvgIpc) is 2.28. The molecular weight excluding hydrogens is 312 g/mol. The summed E-state index contributed by atoms with van der Waals surface area (Å²) in [5.74, 6) is 0.0448. The second kappa shape index (κ2) is 8.21. The van der Waals surface area contributed by atoms with Crippen molar-refractivity contribution in [2.45, 2.75) is 25.7 Å². The van der Waals surface area contributed by atoms with Crippen molar-refractivity contribution in [1.29, 1.82) is 0 Å². The first-order chi connectivity index (χ1) is 8.58. The van der Waals surface area contributed by atoms with Crippen LogP contribution in [0.1, 0.15) is 24.8 Å². The molecule has 1 amide bonds. The molecule has 98 valence electrons. The minimum atomic E-state index is 0.0448. The van der Waals surface area contributed by atoms with Crippen molar-refractivity contribution in [3.8, 4) is 0 Å². The highest BCUT2D eigenvalue weighted by Crippen LogP contribution is 2.11. The number of hydrogen-bond acceptors (Lipinski definition) is 2. The maximum Gasteiger partial charge on any atom is 0.224 e. The Kier molecular flexibility index (Phi) is 6.90. The molecule has 1 rings (SSSR count). The van der Waals surface area contributed by atoms with E-state index < -0.39 is 0 Å². The maximum absolute atomic E-state index is 11.6. The molecule has 0 spiro atoms. The molecule has 0 atom stereocenters. The Hall–Kier alpha value is -0.940. The number of benzene rings is 1. The highest BCUT2D eigenvalue weighted by molar-refractivity contribution is 9.10. The molecule has 0 aliphatic rings. The van der Waals surface area contributed by atoms with Gasteiger partial charge in [0.2, 0.25) is 5.91 Å². The summed E-state index contributed by atoms with van der Waals surface area (Å²) in [6, 6.07) is 7.76. The molecule has 5 heteroatoms. The van der Waals surface area contributed by atoms with Crippen molar-refractivity contribution >= 4 is 39.0 Å². The topological polar surface area (TPSA) is 55.1 Å². The summed E-state index contributed by atoms with van der Waals surface area (Å²) in [4.78, 5) is 12.2. The number of amides is 1. The number of nitrogens with one attached hydrogen (secondary N) is 1. The summed E-state index contributed by atoms with van der Waals surface area (Å²) in [7, 11) is 0. The van der Waals surface area contributed by atoms with Gasteiger partial charge in [0, 0.05) is 11.0 Å². The van der Waals surface area contributed by atoms with Gasteiger partial charge in [-0.2, -0.15) is 0 Å². The van der Waals surface area contributed by atoms with E-state index in [0.717, 1.165) is 29.3 Å². The zero-order valence-electron chi connectivity index (χ0n) is 10.1. The molecule has 0 fully saturated rings. The van der Waals surface area contributed by atoms with Gasteiger partial charge in [0.1, 0.15) is 0 Å². The Morgan fingerprint density at radius 2 is 2.17 bits per heavy atom. The number of carbonyl (C=O) groups excluding carboxylic acids is 1. The molecule has 0 saturated heterocycles. The summed E-state index contributed by atoms with van der Waals surface area (Å²) in [6.07, 6.45) is 2.99. The standard InChI is InChI=1S/C13H17BrN2OS/c14-11-5-3-4-10(8-11)9-13(17)16-7-2-1-6-12(15)18/h3-5,8H,1-2,6-7,9H2,(H2,15,18)(H,16,17). The van der Waals surface area contributed by atoms with Crippen molar-refractivity contribution in [2.24, 2.45) is 5.73 Å². The van der Waals surface area contributed by atoms with E-state index >= 15 is 0 Å². The van der Waals surface area contributed by atoms with Gasteiger partial charge in [-0.05, 0) is 37.0 Å². The Morgan fingerprint density at radius 1 is 1.39 bits per heavy atom. The van der Waals surface area contributed by atoms with E-state index in [-0.39, 0.29) is 5.91 Å². The van der Waals surface area contributed by atoms with Gasteiger partial charge in [-0.3, -0.25) is 4.79 Å². The maximum atomic E-state index is 11.6. The molecule has 0 heterocycles. The number of nitrogens with two attached hydrogens (primary N) is 1. The zero-order chi connectivity index (χ0) is 13.4. The highest BCUT2D eigenvalue weighted by Gasteiger charge is 2.03.